The highest BCUT2D eigenvalue weighted by Gasteiger charge is 2.29. The summed E-state index contributed by atoms with van der Waals surface area (Å²) >= 11 is 0. The van der Waals surface area contributed by atoms with Crippen molar-refractivity contribution in [2.24, 2.45) is 0 Å². The summed E-state index contributed by atoms with van der Waals surface area (Å²) in [6.45, 7) is 0.223. The Morgan fingerprint density at radius 1 is 1.23 bits per heavy atom. The standard InChI is InChI=1S/C17H20N2O3/c20-15-13-7-3-2-6-12(13)10-14(19-15)16(21)18-11-17(22)8-4-1-5-9-17/h2-3,6-7,10,22H,1,4-5,8-9,11H2,(H,18,21)(H,19,20). The van der Waals surface area contributed by atoms with Crippen LogP contribution in [0.4, 0.5) is 0 Å². The predicted molar refractivity (Wildman–Crippen MR) is 84.9 cm³/mol. The lowest BCUT2D eigenvalue weighted by molar-refractivity contribution is 0.00521. The van der Waals surface area contributed by atoms with Crippen molar-refractivity contribution in [2.75, 3.05) is 6.54 Å². The van der Waals surface area contributed by atoms with Crippen LogP contribution < -0.4 is 10.9 Å². The molecule has 3 N–H and O–H groups in total. The van der Waals surface area contributed by atoms with Crippen molar-refractivity contribution in [2.45, 2.75) is 37.7 Å². The number of nitrogens with one attached hydrogen (secondary N) is 2. The van der Waals surface area contributed by atoms with Crippen molar-refractivity contribution in [3.05, 3.63) is 46.4 Å². The summed E-state index contributed by atoms with van der Waals surface area (Å²) in [5.74, 6) is -0.359. The number of aromatic amines is 1. The number of pyridine rings is 1. The van der Waals surface area contributed by atoms with Crippen LogP contribution in [0.5, 0.6) is 0 Å². The Hall–Kier alpha value is -2.14. The van der Waals surface area contributed by atoms with Crippen LogP contribution in [0.3, 0.4) is 0 Å². The highest BCUT2D eigenvalue weighted by atomic mass is 16.3. The summed E-state index contributed by atoms with van der Waals surface area (Å²) in [5, 5.41) is 14.4. The first-order chi connectivity index (χ1) is 10.6. The third kappa shape index (κ3) is 3.04. The number of hydrogen-bond donors (Lipinski definition) is 3. The van der Waals surface area contributed by atoms with E-state index in [1.165, 1.54) is 0 Å². The molecule has 1 aliphatic carbocycles. The molecule has 1 aliphatic rings. The Labute approximate surface area is 128 Å². The summed E-state index contributed by atoms with van der Waals surface area (Å²) in [6.07, 6.45) is 4.52. The molecule has 5 nitrogen and oxygen atoms in total. The SMILES string of the molecule is O=C(NCC1(O)CCCCC1)c1cc2ccccc2c(=O)[nH]1. The fourth-order valence-corrected chi connectivity index (χ4v) is 3.06. The summed E-state index contributed by atoms with van der Waals surface area (Å²) in [4.78, 5) is 26.8. The Bertz CT molecular complexity index is 745. The van der Waals surface area contributed by atoms with Gasteiger partial charge in [-0.2, -0.15) is 0 Å². The molecule has 0 radical (unpaired) electrons. The van der Waals surface area contributed by atoms with Gasteiger partial charge in [-0.3, -0.25) is 9.59 Å². The second kappa shape index (κ2) is 5.93. The lowest BCUT2D eigenvalue weighted by atomic mass is 9.85. The number of H-pyrrole nitrogens is 1. The second-order valence-corrected chi connectivity index (χ2v) is 6.07. The molecule has 0 spiro atoms. The monoisotopic (exact) mass is 300 g/mol. The molecule has 0 unspecified atom stereocenters. The first kappa shape index (κ1) is 14.8. The molecule has 0 bridgehead atoms. The van der Waals surface area contributed by atoms with E-state index in [1.807, 2.05) is 6.07 Å². The Morgan fingerprint density at radius 3 is 2.73 bits per heavy atom. The maximum absolute atomic E-state index is 12.2. The third-order valence-corrected chi connectivity index (χ3v) is 4.36. The zero-order valence-electron chi connectivity index (χ0n) is 12.4. The number of carbonyl (C=O) groups is 1. The van der Waals surface area contributed by atoms with Gasteiger partial charge in [0.15, 0.2) is 0 Å². The fourth-order valence-electron chi connectivity index (χ4n) is 3.06. The van der Waals surface area contributed by atoms with Crippen LogP contribution in [-0.4, -0.2) is 28.1 Å². The second-order valence-electron chi connectivity index (χ2n) is 6.07. The van der Waals surface area contributed by atoms with Gasteiger partial charge in [-0.25, -0.2) is 0 Å². The van der Waals surface area contributed by atoms with Crippen LogP contribution in [0.1, 0.15) is 42.6 Å². The molecule has 1 heterocycles. The van der Waals surface area contributed by atoms with Crippen LogP contribution in [0.15, 0.2) is 35.1 Å². The van der Waals surface area contributed by atoms with Gasteiger partial charge >= 0.3 is 0 Å². The molecule has 1 aromatic heterocycles. The maximum Gasteiger partial charge on any atom is 0.267 e. The van der Waals surface area contributed by atoms with E-state index in [2.05, 4.69) is 10.3 Å². The summed E-state index contributed by atoms with van der Waals surface area (Å²) in [6, 6.07) is 8.80. The molecule has 0 aliphatic heterocycles. The van der Waals surface area contributed by atoms with Crippen molar-refractivity contribution in [3.63, 3.8) is 0 Å². The Morgan fingerprint density at radius 2 is 1.95 bits per heavy atom. The maximum atomic E-state index is 12.2. The molecule has 0 saturated heterocycles. The number of hydrogen-bond acceptors (Lipinski definition) is 3. The van der Waals surface area contributed by atoms with E-state index in [4.69, 9.17) is 0 Å². The molecular weight excluding hydrogens is 280 g/mol. The van der Waals surface area contributed by atoms with Crippen LogP contribution >= 0.6 is 0 Å². The number of aromatic nitrogens is 1. The van der Waals surface area contributed by atoms with Crippen molar-refractivity contribution in [3.8, 4) is 0 Å². The van der Waals surface area contributed by atoms with E-state index < -0.39 is 5.60 Å². The molecule has 22 heavy (non-hydrogen) atoms. The molecule has 5 heteroatoms. The van der Waals surface area contributed by atoms with Crippen molar-refractivity contribution >= 4 is 16.7 Å². The van der Waals surface area contributed by atoms with Gasteiger partial charge in [0, 0.05) is 11.9 Å². The lowest BCUT2D eigenvalue weighted by Gasteiger charge is -2.32. The molecular formula is C17H20N2O3. The summed E-state index contributed by atoms with van der Waals surface area (Å²) < 4.78 is 0. The number of aliphatic hydroxyl groups is 1. The minimum absolute atomic E-state index is 0.223. The first-order valence-corrected chi connectivity index (χ1v) is 7.70. The van der Waals surface area contributed by atoms with Gasteiger partial charge < -0.3 is 15.4 Å². The van der Waals surface area contributed by atoms with Gasteiger partial charge in [0.1, 0.15) is 5.69 Å². The van der Waals surface area contributed by atoms with Gasteiger partial charge in [-0.15, -0.1) is 0 Å². The average Bonchev–Trinajstić information content (AvgIpc) is 2.53. The van der Waals surface area contributed by atoms with Crippen molar-refractivity contribution in [1.29, 1.82) is 0 Å². The number of fused-ring (bicyclic) bond motifs is 1. The fraction of sp³-hybridized carbons (Fsp3) is 0.412. The number of rotatable bonds is 3. The van der Waals surface area contributed by atoms with E-state index in [9.17, 15) is 14.7 Å². The van der Waals surface area contributed by atoms with Gasteiger partial charge in [0.2, 0.25) is 0 Å². The van der Waals surface area contributed by atoms with Crippen LogP contribution in [0, 0.1) is 0 Å². The van der Waals surface area contributed by atoms with E-state index in [0.29, 0.717) is 18.2 Å². The quantitative estimate of drug-likeness (QED) is 0.810. The molecule has 1 amide bonds. The van der Waals surface area contributed by atoms with E-state index in [-0.39, 0.29) is 23.7 Å². The minimum atomic E-state index is -0.814. The van der Waals surface area contributed by atoms with Gasteiger partial charge in [-0.05, 0) is 30.4 Å². The van der Waals surface area contributed by atoms with E-state index in [0.717, 1.165) is 24.6 Å². The van der Waals surface area contributed by atoms with E-state index in [1.54, 1.807) is 24.3 Å². The molecule has 2 aromatic rings. The largest absolute Gasteiger partial charge is 0.388 e. The smallest absolute Gasteiger partial charge is 0.267 e. The summed E-state index contributed by atoms with van der Waals surface area (Å²) in [7, 11) is 0. The van der Waals surface area contributed by atoms with Gasteiger partial charge in [0.25, 0.3) is 11.5 Å². The molecule has 1 fully saturated rings. The molecule has 0 atom stereocenters. The molecule has 3 rings (SSSR count). The summed E-state index contributed by atoms with van der Waals surface area (Å²) in [5.41, 5.74) is -0.867. The first-order valence-electron chi connectivity index (χ1n) is 7.70. The zero-order chi connectivity index (χ0) is 15.6. The Kier molecular flexibility index (Phi) is 3.98. The highest BCUT2D eigenvalue weighted by Crippen LogP contribution is 2.27. The molecule has 116 valence electrons. The Balaban J connectivity index is 1.76. The zero-order valence-corrected chi connectivity index (χ0v) is 12.4. The normalized spacial score (nSPS) is 17.3. The van der Waals surface area contributed by atoms with E-state index >= 15 is 0 Å². The third-order valence-electron chi connectivity index (χ3n) is 4.36. The number of benzene rings is 1. The van der Waals surface area contributed by atoms with Gasteiger partial charge in [-0.1, -0.05) is 37.5 Å². The average molecular weight is 300 g/mol. The highest BCUT2D eigenvalue weighted by molar-refractivity contribution is 5.96. The number of amides is 1. The minimum Gasteiger partial charge on any atom is -0.388 e. The number of carbonyl (C=O) groups excluding carboxylic acids is 1. The van der Waals surface area contributed by atoms with Crippen LogP contribution in [0.25, 0.3) is 10.8 Å². The lowest BCUT2D eigenvalue weighted by Crippen LogP contribution is -2.44. The predicted octanol–water partition coefficient (Wildman–Crippen LogP) is 1.95. The van der Waals surface area contributed by atoms with Crippen LogP contribution in [0.2, 0.25) is 0 Å². The molecule has 1 aromatic carbocycles. The van der Waals surface area contributed by atoms with Crippen molar-refractivity contribution < 1.29 is 9.90 Å². The van der Waals surface area contributed by atoms with Crippen LogP contribution in [-0.2, 0) is 0 Å². The topological polar surface area (TPSA) is 82.2 Å². The van der Waals surface area contributed by atoms with Crippen molar-refractivity contribution in [1.82, 2.24) is 10.3 Å². The molecule has 1 saturated carbocycles. The van der Waals surface area contributed by atoms with Gasteiger partial charge in [0.05, 0.1) is 5.60 Å².